The van der Waals surface area contributed by atoms with Crippen LogP contribution in [0.25, 0.3) is 0 Å². The summed E-state index contributed by atoms with van der Waals surface area (Å²) in [6.45, 7) is 7.42. The average molecular weight is 298 g/mol. The van der Waals surface area contributed by atoms with E-state index in [4.69, 9.17) is 21.1 Å². The summed E-state index contributed by atoms with van der Waals surface area (Å²) in [6.07, 6.45) is 1.09. The Morgan fingerprint density at radius 3 is 2.85 bits per heavy atom. The molecule has 0 spiro atoms. The van der Waals surface area contributed by atoms with Crippen molar-refractivity contribution in [2.24, 2.45) is 5.41 Å². The van der Waals surface area contributed by atoms with Gasteiger partial charge < -0.3 is 14.8 Å². The van der Waals surface area contributed by atoms with E-state index in [1.165, 1.54) is 11.1 Å². The minimum Gasteiger partial charge on any atom is -0.382 e. The number of halogens is 1. The Hall–Kier alpha value is -0.610. The molecular formula is C16H24ClNO2. The van der Waals surface area contributed by atoms with Crippen LogP contribution >= 0.6 is 11.6 Å². The lowest BCUT2D eigenvalue weighted by Gasteiger charge is -2.28. The van der Waals surface area contributed by atoms with Crippen LogP contribution in [0.2, 0.25) is 5.02 Å². The maximum Gasteiger partial charge on any atom is 0.0700 e. The van der Waals surface area contributed by atoms with Gasteiger partial charge in [-0.2, -0.15) is 0 Å². The van der Waals surface area contributed by atoms with Crippen molar-refractivity contribution in [3.8, 4) is 0 Å². The second-order valence-electron chi connectivity index (χ2n) is 6.00. The molecule has 0 radical (unpaired) electrons. The molecule has 0 aliphatic heterocycles. The summed E-state index contributed by atoms with van der Waals surface area (Å²) < 4.78 is 10.5. The molecule has 1 N–H and O–H groups in total. The second-order valence-corrected chi connectivity index (χ2v) is 6.44. The van der Waals surface area contributed by atoms with Crippen LogP contribution in [0, 0.1) is 5.41 Å². The molecule has 1 aliphatic carbocycles. The van der Waals surface area contributed by atoms with Gasteiger partial charge in [0.2, 0.25) is 0 Å². The number of benzene rings is 1. The van der Waals surface area contributed by atoms with Gasteiger partial charge in [0.15, 0.2) is 0 Å². The van der Waals surface area contributed by atoms with Crippen LogP contribution in [-0.4, -0.2) is 33.5 Å². The van der Waals surface area contributed by atoms with Crippen LogP contribution in [0.3, 0.4) is 0 Å². The Labute approximate surface area is 126 Å². The average Bonchev–Trinajstić information content (AvgIpc) is 2.64. The summed E-state index contributed by atoms with van der Waals surface area (Å²) in [5, 5.41) is 4.42. The molecule has 0 bridgehead atoms. The van der Waals surface area contributed by atoms with E-state index >= 15 is 0 Å². The van der Waals surface area contributed by atoms with Crippen molar-refractivity contribution in [1.82, 2.24) is 5.32 Å². The zero-order valence-corrected chi connectivity index (χ0v) is 13.3. The first kappa shape index (κ1) is 15.8. The van der Waals surface area contributed by atoms with Crippen LogP contribution in [0.5, 0.6) is 0 Å². The number of methoxy groups -OCH3 is 1. The van der Waals surface area contributed by atoms with E-state index in [2.05, 4.69) is 31.3 Å². The second kappa shape index (κ2) is 6.90. The molecule has 3 nitrogen and oxygen atoms in total. The lowest BCUT2D eigenvalue weighted by molar-refractivity contribution is 0.0692. The Balaban J connectivity index is 1.91. The van der Waals surface area contributed by atoms with Gasteiger partial charge in [0.1, 0.15) is 0 Å². The quantitative estimate of drug-likeness (QED) is 0.784. The molecule has 0 amide bonds. The first-order chi connectivity index (χ1) is 9.54. The fourth-order valence-electron chi connectivity index (χ4n) is 2.92. The number of ether oxygens (including phenoxy) is 2. The van der Waals surface area contributed by atoms with Gasteiger partial charge >= 0.3 is 0 Å². The molecule has 0 saturated carbocycles. The summed E-state index contributed by atoms with van der Waals surface area (Å²) in [5.41, 5.74) is 2.94. The third kappa shape index (κ3) is 3.73. The van der Waals surface area contributed by atoms with Gasteiger partial charge in [-0.25, -0.2) is 0 Å². The molecule has 1 aromatic carbocycles. The summed E-state index contributed by atoms with van der Waals surface area (Å²) in [7, 11) is 1.68. The number of hydrogen-bond acceptors (Lipinski definition) is 3. The van der Waals surface area contributed by atoms with Gasteiger partial charge in [-0.3, -0.25) is 0 Å². The number of fused-ring (bicyclic) bond motifs is 1. The highest BCUT2D eigenvalue weighted by atomic mass is 35.5. The highest BCUT2D eigenvalue weighted by Gasteiger charge is 2.38. The highest BCUT2D eigenvalue weighted by molar-refractivity contribution is 6.30. The summed E-state index contributed by atoms with van der Waals surface area (Å²) in [5.74, 6) is 0. The Morgan fingerprint density at radius 2 is 2.10 bits per heavy atom. The van der Waals surface area contributed by atoms with Crippen molar-refractivity contribution in [3.63, 3.8) is 0 Å². The SMILES string of the molecule is COCCOCCNC1c2cc(Cl)ccc2CC1(C)C. The van der Waals surface area contributed by atoms with E-state index in [1.807, 2.05) is 6.07 Å². The largest absolute Gasteiger partial charge is 0.382 e. The Morgan fingerprint density at radius 1 is 1.30 bits per heavy atom. The zero-order chi connectivity index (χ0) is 14.6. The van der Waals surface area contributed by atoms with E-state index in [9.17, 15) is 0 Å². The maximum atomic E-state index is 6.13. The van der Waals surface area contributed by atoms with Crippen molar-refractivity contribution in [2.45, 2.75) is 26.3 Å². The van der Waals surface area contributed by atoms with Crippen LogP contribution < -0.4 is 5.32 Å². The van der Waals surface area contributed by atoms with E-state index in [0.29, 0.717) is 25.9 Å². The lowest BCUT2D eigenvalue weighted by Crippen LogP contribution is -2.33. The van der Waals surface area contributed by atoms with Crippen molar-refractivity contribution >= 4 is 11.6 Å². The molecule has 0 heterocycles. The third-order valence-corrected chi connectivity index (χ3v) is 4.11. The minimum atomic E-state index is 0.208. The monoisotopic (exact) mass is 297 g/mol. The molecule has 2 rings (SSSR count). The van der Waals surface area contributed by atoms with Crippen molar-refractivity contribution in [3.05, 3.63) is 34.3 Å². The number of nitrogens with one attached hydrogen (secondary N) is 1. The Kier molecular flexibility index (Phi) is 5.44. The van der Waals surface area contributed by atoms with Gasteiger partial charge in [-0.15, -0.1) is 0 Å². The minimum absolute atomic E-state index is 0.208. The number of rotatable bonds is 7. The molecule has 0 fully saturated rings. The molecule has 0 saturated heterocycles. The molecule has 1 atom stereocenters. The molecule has 1 aliphatic rings. The first-order valence-electron chi connectivity index (χ1n) is 7.13. The first-order valence-corrected chi connectivity index (χ1v) is 7.51. The van der Waals surface area contributed by atoms with E-state index < -0.39 is 0 Å². The maximum absolute atomic E-state index is 6.13. The highest BCUT2D eigenvalue weighted by Crippen LogP contribution is 2.45. The topological polar surface area (TPSA) is 30.5 Å². The molecule has 1 unspecified atom stereocenters. The van der Waals surface area contributed by atoms with Gasteiger partial charge in [0.05, 0.1) is 19.8 Å². The summed E-state index contributed by atoms with van der Waals surface area (Å²) in [6, 6.07) is 6.56. The van der Waals surface area contributed by atoms with E-state index in [-0.39, 0.29) is 5.41 Å². The normalized spacial score (nSPS) is 20.1. The van der Waals surface area contributed by atoms with Crippen LogP contribution in [0.1, 0.15) is 31.0 Å². The third-order valence-electron chi connectivity index (χ3n) is 3.87. The standard InChI is InChI=1S/C16H24ClNO2/c1-16(2)11-12-4-5-13(17)10-14(12)15(16)18-6-7-20-9-8-19-3/h4-5,10,15,18H,6-9,11H2,1-3H3. The van der Waals surface area contributed by atoms with Gasteiger partial charge in [-0.05, 0) is 35.1 Å². The molecule has 20 heavy (non-hydrogen) atoms. The zero-order valence-electron chi connectivity index (χ0n) is 12.5. The van der Waals surface area contributed by atoms with E-state index in [1.54, 1.807) is 7.11 Å². The van der Waals surface area contributed by atoms with Crippen molar-refractivity contribution < 1.29 is 9.47 Å². The van der Waals surface area contributed by atoms with Gasteiger partial charge in [0.25, 0.3) is 0 Å². The van der Waals surface area contributed by atoms with Gasteiger partial charge in [-0.1, -0.05) is 31.5 Å². The van der Waals surface area contributed by atoms with E-state index in [0.717, 1.165) is 18.0 Å². The lowest BCUT2D eigenvalue weighted by atomic mass is 9.85. The summed E-state index contributed by atoms with van der Waals surface area (Å²) in [4.78, 5) is 0. The fourth-order valence-corrected chi connectivity index (χ4v) is 3.10. The molecular weight excluding hydrogens is 274 g/mol. The van der Waals surface area contributed by atoms with Crippen LogP contribution in [0.15, 0.2) is 18.2 Å². The smallest absolute Gasteiger partial charge is 0.0700 e. The van der Waals surface area contributed by atoms with Crippen molar-refractivity contribution in [2.75, 3.05) is 33.5 Å². The molecule has 0 aromatic heterocycles. The number of hydrogen-bond donors (Lipinski definition) is 1. The fraction of sp³-hybridized carbons (Fsp3) is 0.625. The predicted octanol–water partition coefficient (Wildman–Crippen LogP) is 3.22. The predicted molar refractivity (Wildman–Crippen MR) is 82.4 cm³/mol. The van der Waals surface area contributed by atoms with Gasteiger partial charge in [0, 0.05) is 24.7 Å². The molecule has 4 heteroatoms. The Bertz CT molecular complexity index is 448. The van der Waals surface area contributed by atoms with Crippen LogP contribution in [-0.2, 0) is 15.9 Å². The van der Waals surface area contributed by atoms with Crippen molar-refractivity contribution in [1.29, 1.82) is 0 Å². The molecule has 112 valence electrons. The van der Waals surface area contributed by atoms with Crippen LogP contribution in [0.4, 0.5) is 0 Å². The molecule has 1 aromatic rings. The summed E-state index contributed by atoms with van der Waals surface area (Å²) >= 11 is 6.13.